The van der Waals surface area contributed by atoms with Gasteiger partial charge in [0.05, 0.1) is 0 Å². The van der Waals surface area contributed by atoms with Gasteiger partial charge in [-0.25, -0.2) is 0 Å². The summed E-state index contributed by atoms with van der Waals surface area (Å²) in [5.74, 6) is 0.756. The van der Waals surface area contributed by atoms with Crippen molar-refractivity contribution in [3.05, 3.63) is 29.3 Å². The van der Waals surface area contributed by atoms with E-state index >= 15 is 0 Å². The van der Waals surface area contributed by atoms with Gasteiger partial charge in [-0.2, -0.15) is 0 Å². The van der Waals surface area contributed by atoms with Crippen LogP contribution in [-0.4, -0.2) is 11.8 Å². The lowest BCUT2D eigenvalue weighted by Gasteiger charge is -2.12. The molecule has 19 heavy (non-hydrogen) atoms. The maximum atomic E-state index is 11.9. The molecule has 1 atom stereocenters. The average molecular weight is 260 g/mol. The monoisotopic (exact) mass is 260 g/mol. The lowest BCUT2D eigenvalue weighted by molar-refractivity contribution is -0.117. The minimum atomic E-state index is -0.455. The van der Waals surface area contributed by atoms with Crippen molar-refractivity contribution in [3.63, 3.8) is 0 Å². The number of aryl methyl sites for hydroxylation is 1. The SMILES string of the molecule is Cc1cc(C(N)=O)ccc1NC(=O)C[C@@H](C)C1CC1. The summed E-state index contributed by atoms with van der Waals surface area (Å²) in [5.41, 5.74) is 7.27. The smallest absolute Gasteiger partial charge is 0.248 e. The molecule has 1 fully saturated rings. The minimum Gasteiger partial charge on any atom is -0.366 e. The highest BCUT2D eigenvalue weighted by atomic mass is 16.2. The van der Waals surface area contributed by atoms with Crippen LogP contribution >= 0.6 is 0 Å². The van der Waals surface area contributed by atoms with E-state index in [1.165, 1.54) is 12.8 Å². The summed E-state index contributed by atoms with van der Waals surface area (Å²) in [6, 6.07) is 5.06. The van der Waals surface area contributed by atoms with Gasteiger partial charge in [-0.15, -0.1) is 0 Å². The maximum Gasteiger partial charge on any atom is 0.248 e. The number of primary amides is 1. The molecule has 1 aliphatic carbocycles. The van der Waals surface area contributed by atoms with Gasteiger partial charge in [0.15, 0.2) is 0 Å². The number of hydrogen-bond donors (Lipinski definition) is 2. The zero-order chi connectivity index (χ0) is 14.0. The molecule has 4 nitrogen and oxygen atoms in total. The molecule has 2 amide bonds. The van der Waals surface area contributed by atoms with Crippen LogP contribution in [0.3, 0.4) is 0 Å². The topological polar surface area (TPSA) is 72.2 Å². The largest absolute Gasteiger partial charge is 0.366 e. The zero-order valence-electron chi connectivity index (χ0n) is 11.4. The van der Waals surface area contributed by atoms with Crippen LogP contribution in [0, 0.1) is 18.8 Å². The van der Waals surface area contributed by atoms with E-state index in [4.69, 9.17) is 5.73 Å². The number of amides is 2. The first-order valence-electron chi connectivity index (χ1n) is 6.67. The Hall–Kier alpha value is -1.84. The molecule has 0 bridgehead atoms. The lowest BCUT2D eigenvalue weighted by atomic mass is 10.0. The Kier molecular flexibility index (Phi) is 3.88. The summed E-state index contributed by atoms with van der Waals surface area (Å²) in [4.78, 5) is 23.0. The van der Waals surface area contributed by atoms with Crippen molar-refractivity contribution < 1.29 is 9.59 Å². The molecule has 1 saturated carbocycles. The molecule has 0 spiro atoms. The Labute approximate surface area is 113 Å². The number of anilines is 1. The van der Waals surface area contributed by atoms with Gasteiger partial charge in [0.25, 0.3) is 0 Å². The van der Waals surface area contributed by atoms with Crippen molar-refractivity contribution in [3.8, 4) is 0 Å². The molecule has 102 valence electrons. The van der Waals surface area contributed by atoms with Crippen molar-refractivity contribution in [2.75, 3.05) is 5.32 Å². The van der Waals surface area contributed by atoms with E-state index in [0.29, 0.717) is 17.9 Å². The number of nitrogens with two attached hydrogens (primary N) is 1. The molecule has 4 heteroatoms. The van der Waals surface area contributed by atoms with Crippen LogP contribution < -0.4 is 11.1 Å². The highest BCUT2D eigenvalue weighted by Crippen LogP contribution is 2.38. The summed E-state index contributed by atoms with van der Waals surface area (Å²) in [5, 5.41) is 2.90. The Morgan fingerprint density at radius 1 is 1.42 bits per heavy atom. The van der Waals surface area contributed by atoms with Gasteiger partial charge in [-0.3, -0.25) is 9.59 Å². The molecule has 2 rings (SSSR count). The van der Waals surface area contributed by atoms with Crippen LogP contribution in [-0.2, 0) is 4.79 Å². The van der Waals surface area contributed by atoms with Gasteiger partial charge in [0, 0.05) is 17.7 Å². The van der Waals surface area contributed by atoms with Crippen molar-refractivity contribution in [2.45, 2.75) is 33.1 Å². The minimum absolute atomic E-state index is 0.0364. The van der Waals surface area contributed by atoms with E-state index in [0.717, 1.165) is 17.2 Å². The summed E-state index contributed by atoms with van der Waals surface area (Å²) in [6.07, 6.45) is 3.06. The normalized spacial score (nSPS) is 15.9. The van der Waals surface area contributed by atoms with E-state index in [1.807, 2.05) is 6.92 Å². The van der Waals surface area contributed by atoms with E-state index < -0.39 is 5.91 Å². The summed E-state index contributed by atoms with van der Waals surface area (Å²) in [7, 11) is 0. The van der Waals surface area contributed by atoms with Crippen molar-refractivity contribution >= 4 is 17.5 Å². The van der Waals surface area contributed by atoms with E-state index in [-0.39, 0.29) is 5.91 Å². The van der Waals surface area contributed by atoms with Gasteiger partial charge in [0.2, 0.25) is 11.8 Å². The lowest BCUT2D eigenvalue weighted by Crippen LogP contribution is -2.17. The van der Waals surface area contributed by atoms with Gasteiger partial charge in [-0.05, 0) is 55.4 Å². The molecule has 1 aromatic carbocycles. The molecule has 1 aliphatic rings. The molecular formula is C15H20N2O2. The quantitative estimate of drug-likeness (QED) is 0.853. The first-order chi connectivity index (χ1) is 8.97. The Morgan fingerprint density at radius 2 is 2.11 bits per heavy atom. The molecule has 3 N–H and O–H groups in total. The van der Waals surface area contributed by atoms with Crippen LogP contribution in [0.5, 0.6) is 0 Å². The third kappa shape index (κ3) is 3.56. The highest BCUT2D eigenvalue weighted by Gasteiger charge is 2.29. The van der Waals surface area contributed by atoms with E-state index in [1.54, 1.807) is 18.2 Å². The van der Waals surface area contributed by atoms with Crippen LogP contribution in [0.1, 0.15) is 42.1 Å². The average Bonchev–Trinajstić information content (AvgIpc) is 3.15. The van der Waals surface area contributed by atoms with Crippen molar-refractivity contribution in [1.29, 1.82) is 0 Å². The van der Waals surface area contributed by atoms with Gasteiger partial charge in [-0.1, -0.05) is 6.92 Å². The van der Waals surface area contributed by atoms with Gasteiger partial charge >= 0.3 is 0 Å². The fraction of sp³-hybridized carbons (Fsp3) is 0.467. The van der Waals surface area contributed by atoms with Gasteiger partial charge < -0.3 is 11.1 Å². The second-order valence-electron chi connectivity index (χ2n) is 5.46. The van der Waals surface area contributed by atoms with Crippen LogP contribution in [0.25, 0.3) is 0 Å². The van der Waals surface area contributed by atoms with Crippen LogP contribution in [0.2, 0.25) is 0 Å². The molecule has 0 heterocycles. The number of carbonyl (C=O) groups excluding carboxylic acids is 2. The third-order valence-electron chi connectivity index (χ3n) is 3.72. The Balaban J connectivity index is 1.98. The fourth-order valence-corrected chi connectivity index (χ4v) is 2.28. The zero-order valence-corrected chi connectivity index (χ0v) is 11.4. The van der Waals surface area contributed by atoms with Crippen molar-refractivity contribution in [1.82, 2.24) is 0 Å². The third-order valence-corrected chi connectivity index (χ3v) is 3.72. The number of nitrogens with one attached hydrogen (secondary N) is 1. The number of rotatable bonds is 5. The number of carbonyl (C=O) groups is 2. The second-order valence-corrected chi connectivity index (χ2v) is 5.46. The first-order valence-corrected chi connectivity index (χ1v) is 6.67. The number of hydrogen-bond acceptors (Lipinski definition) is 2. The van der Waals surface area contributed by atoms with Gasteiger partial charge in [0.1, 0.15) is 0 Å². The standard InChI is InChI=1S/C15H20N2O2/c1-9(11-3-4-11)8-14(18)17-13-6-5-12(15(16)19)7-10(13)2/h5-7,9,11H,3-4,8H2,1-2H3,(H2,16,19)(H,17,18)/t9-/m1/s1. The van der Waals surface area contributed by atoms with E-state index in [2.05, 4.69) is 12.2 Å². The van der Waals surface area contributed by atoms with E-state index in [9.17, 15) is 9.59 Å². The molecule has 0 saturated heterocycles. The van der Waals surface area contributed by atoms with Crippen molar-refractivity contribution in [2.24, 2.45) is 17.6 Å². The summed E-state index contributed by atoms with van der Waals surface area (Å²) >= 11 is 0. The molecule has 1 aromatic rings. The Morgan fingerprint density at radius 3 is 2.63 bits per heavy atom. The highest BCUT2D eigenvalue weighted by molar-refractivity contribution is 5.95. The second kappa shape index (κ2) is 5.43. The Bertz CT molecular complexity index is 507. The molecule has 0 aliphatic heterocycles. The number of benzene rings is 1. The predicted octanol–water partition coefficient (Wildman–Crippen LogP) is 2.47. The van der Waals surface area contributed by atoms with Crippen LogP contribution in [0.15, 0.2) is 18.2 Å². The summed E-state index contributed by atoms with van der Waals surface area (Å²) < 4.78 is 0. The fourth-order valence-electron chi connectivity index (χ4n) is 2.28. The predicted molar refractivity (Wildman–Crippen MR) is 74.8 cm³/mol. The molecule has 0 unspecified atom stereocenters. The molecule has 0 radical (unpaired) electrons. The van der Waals surface area contributed by atoms with Crippen LogP contribution in [0.4, 0.5) is 5.69 Å². The summed E-state index contributed by atoms with van der Waals surface area (Å²) in [6.45, 7) is 3.98. The first kappa shape index (κ1) is 13.6. The molecule has 0 aromatic heterocycles. The maximum absolute atomic E-state index is 11.9. The molecular weight excluding hydrogens is 240 g/mol.